The SMILES string of the molecule is OCCN1CCN(c2nc(Nc3ccc(-c4nc5ccccc5[nH]4)cc3)nc(N3CCOCC3)n2)CC1. The molecule has 192 valence electrons. The van der Waals surface area contributed by atoms with E-state index in [4.69, 9.17) is 24.7 Å². The zero-order chi connectivity index (χ0) is 25.0. The first kappa shape index (κ1) is 23.6. The summed E-state index contributed by atoms with van der Waals surface area (Å²) in [6.07, 6.45) is 0. The van der Waals surface area contributed by atoms with Crippen molar-refractivity contribution in [1.29, 1.82) is 0 Å². The number of aromatic nitrogens is 5. The number of anilines is 4. The Labute approximate surface area is 215 Å². The molecule has 2 fully saturated rings. The van der Waals surface area contributed by atoms with Crippen LogP contribution in [0.5, 0.6) is 0 Å². The van der Waals surface area contributed by atoms with E-state index in [0.29, 0.717) is 37.6 Å². The molecule has 4 heterocycles. The third kappa shape index (κ3) is 5.33. The van der Waals surface area contributed by atoms with Crippen molar-refractivity contribution in [3.8, 4) is 11.4 Å². The average Bonchev–Trinajstić information content (AvgIpc) is 3.39. The Morgan fingerprint density at radius 3 is 2.22 bits per heavy atom. The predicted octanol–water partition coefficient (Wildman–Crippen LogP) is 2.11. The fourth-order valence-corrected chi connectivity index (χ4v) is 4.70. The molecule has 37 heavy (non-hydrogen) atoms. The van der Waals surface area contributed by atoms with Gasteiger partial charge in [0, 0.05) is 57.1 Å². The van der Waals surface area contributed by atoms with Crippen molar-refractivity contribution in [3.05, 3.63) is 48.5 Å². The molecule has 0 radical (unpaired) electrons. The van der Waals surface area contributed by atoms with Crippen LogP contribution < -0.4 is 15.1 Å². The maximum atomic E-state index is 9.26. The van der Waals surface area contributed by atoms with Crippen molar-refractivity contribution in [2.75, 3.05) is 80.8 Å². The second-order valence-corrected chi connectivity index (χ2v) is 9.22. The Bertz CT molecular complexity index is 1300. The number of imidazole rings is 1. The van der Waals surface area contributed by atoms with Gasteiger partial charge < -0.3 is 29.9 Å². The van der Waals surface area contributed by atoms with Crippen LogP contribution in [-0.2, 0) is 4.74 Å². The molecule has 3 N–H and O–H groups in total. The van der Waals surface area contributed by atoms with Crippen LogP contribution in [0.1, 0.15) is 0 Å². The minimum absolute atomic E-state index is 0.177. The quantitative estimate of drug-likeness (QED) is 0.347. The summed E-state index contributed by atoms with van der Waals surface area (Å²) in [6, 6.07) is 16.1. The normalized spacial score (nSPS) is 16.9. The molecule has 2 saturated heterocycles. The summed E-state index contributed by atoms with van der Waals surface area (Å²) in [4.78, 5) is 29.0. The Balaban J connectivity index is 1.23. The van der Waals surface area contributed by atoms with Crippen LogP contribution in [0.4, 0.5) is 23.5 Å². The number of para-hydroxylation sites is 2. The molecule has 6 rings (SSSR count). The molecular weight excluding hydrogens is 470 g/mol. The van der Waals surface area contributed by atoms with E-state index in [9.17, 15) is 5.11 Å². The van der Waals surface area contributed by atoms with E-state index in [2.05, 4.69) is 25.0 Å². The van der Waals surface area contributed by atoms with Crippen LogP contribution in [0.15, 0.2) is 48.5 Å². The van der Waals surface area contributed by atoms with Crippen molar-refractivity contribution in [1.82, 2.24) is 29.8 Å². The van der Waals surface area contributed by atoms with Gasteiger partial charge in [-0.3, -0.25) is 4.90 Å². The van der Waals surface area contributed by atoms with Crippen LogP contribution in [0.25, 0.3) is 22.4 Å². The van der Waals surface area contributed by atoms with E-state index >= 15 is 0 Å². The van der Waals surface area contributed by atoms with Gasteiger partial charge in [0.1, 0.15) is 5.82 Å². The van der Waals surface area contributed by atoms with Crippen LogP contribution in [-0.4, -0.2) is 101 Å². The lowest BCUT2D eigenvalue weighted by Crippen LogP contribution is -2.48. The highest BCUT2D eigenvalue weighted by Crippen LogP contribution is 2.25. The number of piperazine rings is 1. The number of β-amino-alcohol motifs (C(OH)–C–C–N with tert-alkyl or cyclic N) is 1. The zero-order valence-corrected chi connectivity index (χ0v) is 20.7. The second-order valence-electron chi connectivity index (χ2n) is 9.22. The van der Waals surface area contributed by atoms with Crippen molar-refractivity contribution in [2.24, 2.45) is 0 Å². The smallest absolute Gasteiger partial charge is 0.233 e. The molecule has 0 aliphatic carbocycles. The maximum absolute atomic E-state index is 9.26. The topological polar surface area (TPSA) is 119 Å². The van der Waals surface area contributed by atoms with E-state index in [1.807, 2.05) is 48.5 Å². The van der Waals surface area contributed by atoms with Gasteiger partial charge in [-0.25, -0.2) is 4.98 Å². The molecule has 11 nitrogen and oxygen atoms in total. The molecule has 4 aromatic rings. The highest BCUT2D eigenvalue weighted by Gasteiger charge is 2.22. The summed E-state index contributed by atoms with van der Waals surface area (Å²) in [5, 5.41) is 12.6. The Kier molecular flexibility index (Phi) is 6.80. The molecule has 11 heteroatoms. The minimum Gasteiger partial charge on any atom is -0.395 e. The molecule has 0 spiro atoms. The standard InChI is InChI=1S/C26H31N9O2/c36-16-13-33-9-11-34(12-10-33)25-30-24(31-26(32-25)35-14-17-37-18-15-35)27-20-7-5-19(6-8-20)23-28-21-3-1-2-4-22(21)29-23/h1-8,36H,9-18H2,(H,28,29)(H,27,30,31,32). The van der Waals surface area contributed by atoms with Gasteiger partial charge in [0.15, 0.2) is 0 Å². The summed E-state index contributed by atoms with van der Waals surface area (Å²) in [6.45, 7) is 7.03. The molecule has 0 unspecified atom stereocenters. The fourth-order valence-electron chi connectivity index (χ4n) is 4.70. The molecule has 0 amide bonds. The summed E-state index contributed by atoms with van der Waals surface area (Å²) >= 11 is 0. The number of benzene rings is 2. The largest absolute Gasteiger partial charge is 0.395 e. The molecule has 0 saturated carbocycles. The lowest BCUT2D eigenvalue weighted by atomic mass is 10.2. The predicted molar refractivity (Wildman–Crippen MR) is 143 cm³/mol. The van der Waals surface area contributed by atoms with Crippen LogP contribution in [0, 0.1) is 0 Å². The lowest BCUT2D eigenvalue weighted by Gasteiger charge is -2.35. The molecule has 2 aromatic carbocycles. The van der Waals surface area contributed by atoms with Gasteiger partial charge in [-0.05, 0) is 36.4 Å². The first-order valence-corrected chi connectivity index (χ1v) is 12.7. The van der Waals surface area contributed by atoms with Crippen LogP contribution in [0.2, 0.25) is 0 Å². The van der Waals surface area contributed by atoms with Crippen LogP contribution >= 0.6 is 0 Å². The minimum atomic E-state index is 0.177. The lowest BCUT2D eigenvalue weighted by molar-refractivity contribution is 0.122. The number of nitrogens with zero attached hydrogens (tertiary/aromatic N) is 7. The number of morpholine rings is 1. The highest BCUT2D eigenvalue weighted by molar-refractivity contribution is 5.79. The number of nitrogens with one attached hydrogen (secondary N) is 2. The van der Waals surface area contributed by atoms with Gasteiger partial charge >= 0.3 is 0 Å². The van der Waals surface area contributed by atoms with E-state index in [1.54, 1.807) is 0 Å². The number of aliphatic hydroxyl groups excluding tert-OH is 1. The third-order valence-corrected chi connectivity index (χ3v) is 6.78. The van der Waals surface area contributed by atoms with Crippen molar-refractivity contribution < 1.29 is 9.84 Å². The molecule has 2 aliphatic heterocycles. The molecule has 0 bridgehead atoms. The number of fused-ring (bicyclic) bond motifs is 1. The number of ether oxygens (including phenoxy) is 1. The van der Waals surface area contributed by atoms with Gasteiger partial charge in [-0.2, -0.15) is 15.0 Å². The summed E-state index contributed by atoms with van der Waals surface area (Å²) in [5.41, 5.74) is 3.86. The third-order valence-electron chi connectivity index (χ3n) is 6.78. The van der Waals surface area contributed by atoms with E-state index in [-0.39, 0.29) is 6.61 Å². The average molecular weight is 502 g/mol. The molecular formula is C26H31N9O2. The number of rotatable bonds is 7. The van der Waals surface area contributed by atoms with Gasteiger partial charge in [0.05, 0.1) is 30.9 Å². The van der Waals surface area contributed by atoms with E-state index < -0.39 is 0 Å². The summed E-state index contributed by atoms with van der Waals surface area (Å²) < 4.78 is 5.52. The maximum Gasteiger partial charge on any atom is 0.233 e. The first-order valence-electron chi connectivity index (χ1n) is 12.7. The van der Waals surface area contributed by atoms with Gasteiger partial charge in [0.2, 0.25) is 17.8 Å². The van der Waals surface area contributed by atoms with Crippen LogP contribution in [0.3, 0.4) is 0 Å². The monoisotopic (exact) mass is 501 g/mol. The molecule has 2 aliphatic rings. The molecule has 0 atom stereocenters. The van der Waals surface area contributed by atoms with E-state index in [0.717, 1.165) is 67.4 Å². The van der Waals surface area contributed by atoms with Gasteiger partial charge in [-0.1, -0.05) is 12.1 Å². The van der Waals surface area contributed by atoms with Crippen molar-refractivity contribution >= 4 is 34.6 Å². The first-order chi connectivity index (χ1) is 18.2. The zero-order valence-electron chi connectivity index (χ0n) is 20.7. The number of aliphatic hydroxyl groups is 1. The highest BCUT2D eigenvalue weighted by atomic mass is 16.5. The Morgan fingerprint density at radius 1 is 0.811 bits per heavy atom. The number of hydrogen-bond donors (Lipinski definition) is 3. The van der Waals surface area contributed by atoms with Crippen molar-refractivity contribution in [3.63, 3.8) is 0 Å². The second kappa shape index (κ2) is 10.7. The van der Waals surface area contributed by atoms with E-state index in [1.165, 1.54) is 0 Å². The van der Waals surface area contributed by atoms with Crippen molar-refractivity contribution in [2.45, 2.75) is 0 Å². The summed E-state index contributed by atoms with van der Waals surface area (Å²) in [5.74, 6) is 2.68. The summed E-state index contributed by atoms with van der Waals surface area (Å²) in [7, 11) is 0. The van der Waals surface area contributed by atoms with Gasteiger partial charge in [-0.15, -0.1) is 0 Å². The Hall–Kier alpha value is -3.80. The Morgan fingerprint density at radius 2 is 1.51 bits per heavy atom. The molecule has 2 aromatic heterocycles. The number of aromatic amines is 1. The number of hydrogen-bond acceptors (Lipinski definition) is 10. The fraction of sp³-hybridized carbons (Fsp3) is 0.385. The number of H-pyrrole nitrogens is 1. The van der Waals surface area contributed by atoms with Gasteiger partial charge in [0.25, 0.3) is 0 Å².